The molecule has 0 saturated heterocycles. The van der Waals surface area contributed by atoms with Crippen LogP contribution in [-0.2, 0) is 13.0 Å². The van der Waals surface area contributed by atoms with E-state index in [1.807, 2.05) is 7.05 Å². The number of hydrogen-bond donors (Lipinski definition) is 1. The van der Waals surface area contributed by atoms with Crippen LogP contribution in [0.3, 0.4) is 0 Å². The smallest absolute Gasteiger partial charge is 0.150 e. The molecule has 88 valence electrons. The molecule has 2 aliphatic rings. The molecule has 1 unspecified atom stereocenters. The number of fused-ring (bicyclic) bond motifs is 1. The van der Waals surface area contributed by atoms with Crippen molar-refractivity contribution in [1.29, 1.82) is 0 Å². The average molecular weight is 240 g/mol. The van der Waals surface area contributed by atoms with Crippen molar-refractivity contribution >= 4 is 11.6 Å². The Morgan fingerprint density at radius 1 is 1.44 bits per heavy atom. The molecule has 1 fully saturated rings. The molecule has 3 rings (SSSR count). The zero-order valence-electron chi connectivity index (χ0n) is 9.67. The second-order valence-electron chi connectivity index (χ2n) is 5.05. The quantitative estimate of drug-likeness (QED) is 0.877. The van der Waals surface area contributed by atoms with Crippen LogP contribution in [-0.4, -0.2) is 23.1 Å². The maximum absolute atomic E-state index is 6.25. The first-order valence-electron chi connectivity index (χ1n) is 6.19. The topological polar surface area (TPSA) is 29.9 Å². The van der Waals surface area contributed by atoms with E-state index < -0.39 is 0 Å². The minimum absolute atomic E-state index is 0.701. The molecule has 1 saturated carbocycles. The van der Waals surface area contributed by atoms with Gasteiger partial charge in [0.15, 0.2) is 5.15 Å². The largest absolute Gasteiger partial charge is 0.330 e. The van der Waals surface area contributed by atoms with Gasteiger partial charge in [-0.25, -0.2) is 4.98 Å². The van der Waals surface area contributed by atoms with Gasteiger partial charge in [0, 0.05) is 12.5 Å². The van der Waals surface area contributed by atoms with Gasteiger partial charge in [-0.3, -0.25) is 0 Å². The molecule has 1 aliphatic carbocycles. The molecule has 0 aromatic carbocycles. The fourth-order valence-corrected chi connectivity index (χ4v) is 2.99. The molecular formula is C12H18ClN3. The van der Waals surface area contributed by atoms with E-state index in [1.54, 1.807) is 0 Å². The molecule has 1 atom stereocenters. The zero-order chi connectivity index (χ0) is 11.1. The third-order valence-corrected chi connectivity index (χ3v) is 4.03. The number of hydrogen-bond acceptors (Lipinski definition) is 2. The summed E-state index contributed by atoms with van der Waals surface area (Å²) in [7, 11) is 2.02. The van der Waals surface area contributed by atoms with Crippen molar-refractivity contribution in [2.75, 3.05) is 13.6 Å². The van der Waals surface area contributed by atoms with Crippen molar-refractivity contribution in [1.82, 2.24) is 14.9 Å². The third kappa shape index (κ3) is 1.76. The Kier molecular flexibility index (Phi) is 2.68. The predicted molar refractivity (Wildman–Crippen MR) is 64.9 cm³/mol. The van der Waals surface area contributed by atoms with Gasteiger partial charge in [-0.1, -0.05) is 11.6 Å². The first-order valence-corrected chi connectivity index (χ1v) is 6.56. The van der Waals surface area contributed by atoms with Crippen LogP contribution in [0.15, 0.2) is 0 Å². The summed E-state index contributed by atoms with van der Waals surface area (Å²) in [6.45, 7) is 2.19. The highest BCUT2D eigenvalue weighted by Crippen LogP contribution is 2.42. The van der Waals surface area contributed by atoms with Crippen molar-refractivity contribution < 1.29 is 0 Å². The van der Waals surface area contributed by atoms with Gasteiger partial charge in [0.2, 0.25) is 0 Å². The summed E-state index contributed by atoms with van der Waals surface area (Å²) >= 11 is 6.25. The summed E-state index contributed by atoms with van der Waals surface area (Å²) in [5.41, 5.74) is 1.27. The predicted octanol–water partition coefficient (Wildman–Crippen LogP) is 2.20. The Balaban J connectivity index is 1.87. The first kappa shape index (κ1) is 10.6. The second-order valence-corrected chi connectivity index (χ2v) is 5.41. The minimum atomic E-state index is 0.701. The molecule has 0 amide bonds. The number of rotatable bonds is 3. The van der Waals surface area contributed by atoms with E-state index in [0.717, 1.165) is 30.6 Å². The fraction of sp³-hybridized carbons (Fsp3) is 0.750. The van der Waals surface area contributed by atoms with E-state index in [0.29, 0.717) is 5.92 Å². The van der Waals surface area contributed by atoms with Crippen molar-refractivity contribution in [2.24, 2.45) is 5.92 Å². The molecule has 1 aliphatic heterocycles. The number of nitrogens with zero attached hydrogens (tertiary/aromatic N) is 2. The van der Waals surface area contributed by atoms with Crippen LogP contribution >= 0.6 is 11.6 Å². The molecule has 1 aromatic rings. The molecule has 16 heavy (non-hydrogen) atoms. The monoisotopic (exact) mass is 239 g/mol. The van der Waals surface area contributed by atoms with Crippen molar-refractivity contribution in [3.63, 3.8) is 0 Å². The van der Waals surface area contributed by atoms with E-state index >= 15 is 0 Å². The maximum Gasteiger partial charge on any atom is 0.150 e. The van der Waals surface area contributed by atoms with Crippen LogP contribution < -0.4 is 5.32 Å². The lowest BCUT2D eigenvalue weighted by Gasteiger charge is -2.24. The standard InChI is InChI=1S/C12H18ClN3/c1-14-7-8-4-5-16-10(6-8)11(13)15-12(16)9-2-3-9/h8-9,14H,2-7H2,1H3. The Bertz CT molecular complexity index is 395. The summed E-state index contributed by atoms with van der Waals surface area (Å²) in [6.07, 6.45) is 4.93. The van der Waals surface area contributed by atoms with Crippen molar-refractivity contribution in [3.8, 4) is 0 Å². The second kappa shape index (κ2) is 4.04. The molecule has 0 radical (unpaired) electrons. The highest BCUT2D eigenvalue weighted by Gasteiger charge is 2.33. The first-order chi connectivity index (χ1) is 7.79. The molecule has 4 heteroatoms. The lowest BCUT2D eigenvalue weighted by molar-refractivity contribution is 0.373. The van der Waals surface area contributed by atoms with Crippen LogP contribution in [0.25, 0.3) is 0 Å². The lowest BCUT2D eigenvalue weighted by Crippen LogP contribution is -2.27. The van der Waals surface area contributed by atoms with E-state index in [4.69, 9.17) is 11.6 Å². The van der Waals surface area contributed by atoms with Gasteiger partial charge in [0.25, 0.3) is 0 Å². The Labute approximate surface area is 101 Å². The molecule has 0 spiro atoms. The third-order valence-electron chi connectivity index (χ3n) is 3.73. The zero-order valence-corrected chi connectivity index (χ0v) is 10.4. The molecule has 1 N–H and O–H groups in total. The Hall–Kier alpha value is -0.540. The van der Waals surface area contributed by atoms with Gasteiger partial charge in [0.1, 0.15) is 5.82 Å². The van der Waals surface area contributed by atoms with Crippen LogP contribution in [0.5, 0.6) is 0 Å². The number of aromatic nitrogens is 2. The van der Waals surface area contributed by atoms with Crippen LogP contribution in [0.1, 0.15) is 36.7 Å². The average Bonchev–Trinajstić information content (AvgIpc) is 3.06. The van der Waals surface area contributed by atoms with Crippen molar-refractivity contribution in [2.45, 2.75) is 38.1 Å². The minimum Gasteiger partial charge on any atom is -0.330 e. The lowest BCUT2D eigenvalue weighted by atomic mass is 9.96. The van der Waals surface area contributed by atoms with Gasteiger partial charge in [-0.15, -0.1) is 0 Å². The van der Waals surface area contributed by atoms with E-state index in [-0.39, 0.29) is 0 Å². The summed E-state index contributed by atoms with van der Waals surface area (Å²) < 4.78 is 2.38. The Morgan fingerprint density at radius 2 is 2.25 bits per heavy atom. The normalized spacial score (nSPS) is 24.5. The van der Waals surface area contributed by atoms with Gasteiger partial charge >= 0.3 is 0 Å². The van der Waals surface area contributed by atoms with Gasteiger partial charge in [-0.2, -0.15) is 0 Å². The number of halogens is 1. The Morgan fingerprint density at radius 3 is 2.94 bits per heavy atom. The molecule has 2 heterocycles. The highest BCUT2D eigenvalue weighted by atomic mass is 35.5. The fourth-order valence-electron chi connectivity index (χ4n) is 2.72. The number of imidazole rings is 1. The molecule has 3 nitrogen and oxygen atoms in total. The van der Waals surface area contributed by atoms with Gasteiger partial charge < -0.3 is 9.88 Å². The van der Waals surface area contributed by atoms with Crippen molar-refractivity contribution in [3.05, 3.63) is 16.7 Å². The molecular weight excluding hydrogens is 222 g/mol. The number of nitrogens with one attached hydrogen (secondary N) is 1. The maximum atomic E-state index is 6.25. The SMILES string of the molecule is CNCC1CCn2c(C3CC3)nc(Cl)c2C1. The van der Waals surface area contributed by atoms with Gasteiger partial charge in [-0.05, 0) is 45.2 Å². The van der Waals surface area contributed by atoms with Crippen LogP contribution in [0, 0.1) is 5.92 Å². The summed E-state index contributed by atoms with van der Waals surface area (Å²) in [4.78, 5) is 4.56. The summed E-state index contributed by atoms with van der Waals surface area (Å²) in [6, 6.07) is 0. The van der Waals surface area contributed by atoms with Crippen LogP contribution in [0.2, 0.25) is 5.15 Å². The van der Waals surface area contributed by atoms with E-state index in [9.17, 15) is 0 Å². The van der Waals surface area contributed by atoms with Gasteiger partial charge in [0.05, 0.1) is 5.69 Å². The molecule has 0 bridgehead atoms. The highest BCUT2D eigenvalue weighted by molar-refractivity contribution is 6.30. The van der Waals surface area contributed by atoms with Crippen LogP contribution in [0.4, 0.5) is 0 Å². The van der Waals surface area contributed by atoms with E-state index in [2.05, 4.69) is 14.9 Å². The van der Waals surface area contributed by atoms with E-state index in [1.165, 1.54) is 30.8 Å². The summed E-state index contributed by atoms with van der Waals surface area (Å²) in [5.74, 6) is 2.67. The molecule has 1 aromatic heterocycles. The summed E-state index contributed by atoms with van der Waals surface area (Å²) in [5, 5.41) is 4.01.